The van der Waals surface area contributed by atoms with E-state index in [1.165, 1.54) is 0 Å². The van der Waals surface area contributed by atoms with Crippen molar-refractivity contribution in [2.45, 2.75) is 38.9 Å². The minimum absolute atomic E-state index is 0.106. The predicted octanol–water partition coefficient (Wildman–Crippen LogP) is 4.54. The molecule has 0 saturated carbocycles. The Bertz CT molecular complexity index is 1190. The van der Waals surface area contributed by atoms with E-state index >= 15 is 0 Å². The lowest BCUT2D eigenvalue weighted by Crippen LogP contribution is -2.32. The van der Waals surface area contributed by atoms with Gasteiger partial charge in [-0.25, -0.2) is 8.42 Å². The number of anilines is 1. The minimum atomic E-state index is -3.47. The van der Waals surface area contributed by atoms with Crippen LogP contribution < -0.4 is 14.2 Å². The maximum atomic E-state index is 11.4. The molecule has 4 rings (SSSR count). The number of hydrogen-bond acceptors (Lipinski definition) is 6. The van der Waals surface area contributed by atoms with Crippen molar-refractivity contribution in [1.82, 2.24) is 5.16 Å². The van der Waals surface area contributed by atoms with Crippen LogP contribution in [0.3, 0.4) is 0 Å². The molecule has 0 fully saturated rings. The Morgan fingerprint density at radius 2 is 2.07 bits per heavy atom. The number of halogens is 1. The zero-order chi connectivity index (χ0) is 20.8. The second-order valence-electron chi connectivity index (χ2n) is 7.77. The molecule has 0 aliphatic carbocycles. The van der Waals surface area contributed by atoms with Crippen molar-refractivity contribution in [3.05, 3.63) is 46.5 Å². The summed E-state index contributed by atoms with van der Waals surface area (Å²) in [6, 6.07) is 9.09. The zero-order valence-corrected chi connectivity index (χ0v) is 17.9. The molecule has 0 bridgehead atoms. The first-order chi connectivity index (χ1) is 13.6. The Morgan fingerprint density at radius 3 is 2.83 bits per heavy atom. The molecule has 1 N–H and O–H groups in total. The molecule has 1 aliphatic rings. The summed E-state index contributed by atoms with van der Waals surface area (Å²) >= 11 is 6.37. The molecule has 0 unspecified atom stereocenters. The van der Waals surface area contributed by atoms with E-state index in [9.17, 15) is 8.42 Å². The number of fused-ring (bicyclic) bond motifs is 2. The van der Waals surface area contributed by atoms with E-state index in [1.807, 2.05) is 18.2 Å². The number of nitrogens with zero attached hydrogens (tertiary/aromatic N) is 1. The summed E-state index contributed by atoms with van der Waals surface area (Å²) in [6.45, 7) is 4.40. The Morgan fingerprint density at radius 1 is 1.28 bits per heavy atom. The molecule has 1 aliphatic heterocycles. The van der Waals surface area contributed by atoms with E-state index in [2.05, 4.69) is 23.7 Å². The summed E-state index contributed by atoms with van der Waals surface area (Å²) < 4.78 is 42.3. The average molecular weight is 437 g/mol. The summed E-state index contributed by atoms with van der Waals surface area (Å²) in [5.41, 5.74) is 2.09. The highest BCUT2D eigenvalue weighted by Gasteiger charge is 2.26. The van der Waals surface area contributed by atoms with Gasteiger partial charge in [-0.05, 0) is 62.6 Å². The molecule has 1 aromatic heterocycles. The fraction of sp³-hybridized carbons (Fsp3) is 0.350. The molecule has 2 aromatic carbocycles. The van der Waals surface area contributed by atoms with Crippen molar-refractivity contribution in [1.29, 1.82) is 0 Å². The third kappa shape index (κ3) is 4.43. The van der Waals surface area contributed by atoms with Crippen molar-refractivity contribution < 1.29 is 22.4 Å². The number of aryl methyl sites for hydroxylation is 1. The zero-order valence-electron chi connectivity index (χ0n) is 16.3. The predicted molar refractivity (Wildman–Crippen MR) is 111 cm³/mol. The summed E-state index contributed by atoms with van der Waals surface area (Å²) in [6.07, 6.45) is 2.92. The van der Waals surface area contributed by atoms with Crippen LogP contribution >= 0.6 is 11.6 Å². The van der Waals surface area contributed by atoms with E-state index in [0.717, 1.165) is 36.2 Å². The first-order valence-corrected chi connectivity index (χ1v) is 11.4. The number of aromatic nitrogens is 1. The molecule has 9 heteroatoms. The van der Waals surface area contributed by atoms with Gasteiger partial charge in [-0.3, -0.25) is 4.72 Å². The smallest absolute Gasteiger partial charge is 0.231 e. The first-order valence-electron chi connectivity index (χ1n) is 9.10. The van der Waals surface area contributed by atoms with Gasteiger partial charge in [-0.2, -0.15) is 0 Å². The lowest BCUT2D eigenvalue weighted by Gasteiger charge is -2.32. The van der Waals surface area contributed by atoms with Gasteiger partial charge in [-0.1, -0.05) is 16.8 Å². The van der Waals surface area contributed by atoms with Gasteiger partial charge in [0.15, 0.2) is 11.4 Å². The van der Waals surface area contributed by atoms with Crippen LogP contribution in [0.25, 0.3) is 11.0 Å². The maximum Gasteiger partial charge on any atom is 0.231 e. The topological polar surface area (TPSA) is 90.7 Å². The molecule has 0 saturated heterocycles. The van der Waals surface area contributed by atoms with Crippen LogP contribution in [0.5, 0.6) is 11.5 Å². The molecule has 0 amide bonds. The molecule has 7 nitrogen and oxygen atoms in total. The molecule has 0 spiro atoms. The van der Waals surface area contributed by atoms with Gasteiger partial charge in [0.25, 0.3) is 0 Å². The van der Waals surface area contributed by atoms with E-state index < -0.39 is 10.0 Å². The summed E-state index contributed by atoms with van der Waals surface area (Å²) in [4.78, 5) is 0. The minimum Gasteiger partial charge on any atom is -0.489 e. The molecule has 3 aromatic rings. The number of benzene rings is 2. The van der Waals surface area contributed by atoms with Crippen LogP contribution in [-0.2, 0) is 23.1 Å². The quantitative estimate of drug-likeness (QED) is 0.631. The van der Waals surface area contributed by atoms with Gasteiger partial charge in [-0.15, -0.1) is 0 Å². The van der Waals surface area contributed by atoms with Crippen LogP contribution in [0.2, 0.25) is 5.02 Å². The van der Waals surface area contributed by atoms with E-state index in [4.69, 9.17) is 25.6 Å². The van der Waals surface area contributed by atoms with Gasteiger partial charge in [0.05, 0.1) is 11.6 Å². The second kappa shape index (κ2) is 7.11. The second-order valence-corrected chi connectivity index (χ2v) is 9.92. The van der Waals surface area contributed by atoms with Gasteiger partial charge in [0, 0.05) is 10.6 Å². The number of ether oxygens (including phenoxy) is 2. The third-order valence-electron chi connectivity index (χ3n) is 4.73. The Labute approximate surface area is 174 Å². The Hall–Kier alpha value is -2.45. The SMILES string of the molecule is CC1(C)CCc2cc(OCc3cc4onc(NS(C)(=O)=O)c4cc3Cl)ccc2O1. The van der Waals surface area contributed by atoms with Crippen molar-refractivity contribution in [3.63, 3.8) is 0 Å². The number of nitrogens with one attached hydrogen (secondary N) is 1. The maximum absolute atomic E-state index is 11.4. The molecular weight excluding hydrogens is 416 g/mol. The van der Waals surface area contributed by atoms with E-state index in [1.54, 1.807) is 12.1 Å². The van der Waals surface area contributed by atoms with E-state index in [-0.39, 0.29) is 18.0 Å². The molecule has 29 heavy (non-hydrogen) atoms. The van der Waals surface area contributed by atoms with Gasteiger partial charge >= 0.3 is 0 Å². The van der Waals surface area contributed by atoms with E-state index in [0.29, 0.717) is 21.6 Å². The summed E-state index contributed by atoms with van der Waals surface area (Å²) in [7, 11) is -3.47. The monoisotopic (exact) mass is 436 g/mol. The molecule has 2 heterocycles. The van der Waals surface area contributed by atoms with Crippen LogP contribution in [0, 0.1) is 0 Å². The van der Waals surface area contributed by atoms with Crippen LogP contribution in [-0.4, -0.2) is 25.4 Å². The summed E-state index contributed by atoms with van der Waals surface area (Å²) in [5.74, 6) is 1.72. The van der Waals surface area contributed by atoms with Crippen LogP contribution in [0.1, 0.15) is 31.4 Å². The number of rotatable bonds is 5. The normalized spacial score (nSPS) is 15.6. The van der Waals surface area contributed by atoms with Crippen LogP contribution in [0.15, 0.2) is 34.9 Å². The highest BCUT2D eigenvalue weighted by Crippen LogP contribution is 2.36. The van der Waals surface area contributed by atoms with Gasteiger partial charge < -0.3 is 14.0 Å². The highest BCUT2D eigenvalue weighted by molar-refractivity contribution is 7.92. The summed E-state index contributed by atoms with van der Waals surface area (Å²) in [5, 5.41) is 4.68. The Kier molecular flexibility index (Phi) is 4.86. The van der Waals surface area contributed by atoms with Crippen LogP contribution in [0.4, 0.5) is 5.82 Å². The third-order valence-corrected chi connectivity index (χ3v) is 5.65. The number of hydrogen-bond donors (Lipinski definition) is 1. The molecule has 0 radical (unpaired) electrons. The fourth-order valence-corrected chi connectivity index (χ4v) is 3.96. The van der Waals surface area contributed by atoms with Crippen molar-refractivity contribution in [3.8, 4) is 11.5 Å². The fourth-order valence-electron chi connectivity index (χ4n) is 3.25. The van der Waals surface area contributed by atoms with Crippen molar-refractivity contribution >= 4 is 38.4 Å². The average Bonchev–Trinajstić information content (AvgIpc) is 2.99. The van der Waals surface area contributed by atoms with Crippen molar-refractivity contribution in [2.75, 3.05) is 11.0 Å². The number of sulfonamides is 1. The molecule has 0 atom stereocenters. The Balaban J connectivity index is 1.52. The highest BCUT2D eigenvalue weighted by atomic mass is 35.5. The lowest BCUT2D eigenvalue weighted by atomic mass is 9.94. The largest absolute Gasteiger partial charge is 0.489 e. The standard InChI is InChI=1S/C20H21ClN2O5S/c1-20(2)7-6-12-8-14(4-5-17(12)27-20)26-11-13-9-18-15(10-16(13)21)19(22-28-18)23-29(3,24)25/h4-5,8-10H,6-7,11H2,1-3H3,(H,22,23). The first kappa shape index (κ1) is 19.8. The molecule has 154 valence electrons. The molecular formula is C20H21ClN2O5S. The van der Waals surface area contributed by atoms with Gasteiger partial charge in [0.2, 0.25) is 10.0 Å². The van der Waals surface area contributed by atoms with Gasteiger partial charge in [0.1, 0.15) is 23.7 Å². The lowest BCUT2D eigenvalue weighted by molar-refractivity contribution is 0.0844. The van der Waals surface area contributed by atoms with Crippen molar-refractivity contribution in [2.24, 2.45) is 0 Å².